The lowest BCUT2D eigenvalue weighted by Crippen LogP contribution is -2.37. The van der Waals surface area contributed by atoms with Crippen LogP contribution in [0.3, 0.4) is 0 Å². The summed E-state index contributed by atoms with van der Waals surface area (Å²) in [5.74, 6) is 0.547. The number of carbonyl (C=O) groups excluding carboxylic acids is 2. The van der Waals surface area contributed by atoms with Gasteiger partial charge < -0.3 is 15.0 Å². The number of benzene rings is 2. The molecule has 0 aliphatic heterocycles. The van der Waals surface area contributed by atoms with Gasteiger partial charge in [-0.25, -0.2) is 0 Å². The average molecular weight is 383 g/mol. The molecule has 1 N–H and O–H groups in total. The first-order valence-corrected chi connectivity index (χ1v) is 9.62. The quantitative estimate of drug-likeness (QED) is 0.782. The summed E-state index contributed by atoms with van der Waals surface area (Å²) in [7, 11) is 0. The van der Waals surface area contributed by atoms with Crippen LogP contribution in [0, 0.1) is 0 Å². The van der Waals surface area contributed by atoms with Crippen molar-refractivity contribution in [2.75, 3.05) is 24.6 Å². The molecule has 0 aliphatic carbocycles. The molecule has 0 unspecified atom stereocenters. The zero-order chi connectivity index (χ0) is 20.7. The molecule has 0 aliphatic rings. The third-order valence-electron chi connectivity index (χ3n) is 4.47. The molecule has 5 nitrogen and oxygen atoms in total. The summed E-state index contributed by atoms with van der Waals surface area (Å²) < 4.78 is 5.43. The Morgan fingerprint density at radius 3 is 2.11 bits per heavy atom. The number of amides is 2. The van der Waals surface area contributed by atoms with Gasteiger partial charge in [-0.1, -0.05) is 32.9 Å². The van der Waals surface area contributed by atoms with Crippen LogP contribution in [0.1, 0.15) is 50.5 Å². The summed E-state index contributed by atoms with van der Waals surface area (Å²) in [5, 5.41) is 2.89. The Labute approximate surface area is 167 Å². The number of ether oxygens (including phenoxy) is 1. The summed E-state index contributed by atoms with van der Waals surface area (Å²) in [5.41, 5.74) is 2.62. The SMILES string of the molecule is CCOc1ccc(N(CCNC(=O)c2ccc(C(C)(C)C)cc2)C(C)=O)cc1. The summed E-state index contributed by atoms with van der Waals surface area (Å²) in [4.78, 5) is 26.0. The van der Waals surface area contributed by atoms with Crippen LogP contribution < -0.4 is 15.0 Å². The Hall–Kier alpha value is -2.82. The van der Waals surface area contributed by atoms with Gasteiger partial charge in [-0.15, -0.1) is 0 Å². The van der Waals surface area contributed by atoms with E-state index >= 15 is 0 Å². The summed E-state index contributed by atoms with van der Waals surface area (Å²) >= 11 is 0. The molecule has 0 radical (unpaired) electrons. The summed E-state index contributed by atoms with van der Waals surface area (Å²) in [6, 6.07) is 15.0. The van der Waals surface area contributed by atoms with Crippen LogP contribution in [-0.2, 0) is 10.2 Å². The van der Waals surface area contributed by atoms with Crippen molar-refractivity contribution >= 4 is 17.5 Å². The van der Waals surface area contributed by atoms with E-state index in [1.807, 2.05) is 55.5 Å². The molecule has 150 valence electrons. The van der Waals surface area contributed by atoms with Crippen molar-refractivity contribution in [1.82, 2.24) is 5.32 Å². The molecule has 0 heterocycles. The predicted molar refractivity (Wildman–Crippen MR) is 113 cm³/mol. The van der Waals surface area contributed by atoms with E-state index in [4.69, 9.17) is 4.74 Å². The van der Waals surface area contributed by atoms with Crippen molar-refractivity contribution in [3.05, 3.63) is 59.7 Å². The molecule has 2 aromatic carbocycles. The molecule has 0 saturated carbocycles. The Kier molecular flexibility index (Phi) is 7.21. The van der Waals surface area contributed by atoms with Gasteiger partial charge >= 0.3 is 0 Å². The maximum atomic E-state index is 12.4. The highest BCUT2D eigenvalue weighted by Crippen LogP contribution is 2.22. The number of nitrogens with one attached hydrogen (secondary N) is 1. The Bertz CT molecular complexity index is 790. The average Bonchev–Trinajstić information content (AvgIpc) is 2.65. The van der Waals surface area contributed by atoms with E-state index < -0.39 is 0 Å². The van der Waals surface area contributed by atoms with Crippen molar-refractivity contribution in [1.29, 1.82) is 0 Å². The lowest BCUT2D eigenvalue weighted by atomic mass is 9.87. The Morgan fingerprint density at radius 1 is 1.00 bits per heavy atom. The van der Waals surface area contributed by atoms with E-state index in [-0.39, 0.29) is 17.2 Å². The second-order valence-electron chi connectivity index (χ2n) is 7.68. The largest absolute Gasteiger partial charge is 0.494 e. The van der Waals surface area contributed by atoms with Gasteiger partial charge in [-0.2, -0.15) is 0 Å². The minimum atomic E-state index is -0.143. The minimum Gasteiger partial charge on any atom is -0.494 e. The van der Waals surface area contributed by atoms with Crippen LogP contribution in [0.4, 0.5) is 5.69 Å². The molecule has 0 fully saturated rings. The predicted octanol–water partition coefficient (Wildman–Crippen LogP) is 4.17. The minimum absolute atomic E-state index is 0.0503. The van der Waals surface area contributed by atoms with Crippen molar-refractivity contribution < 1.29 is 14.3 Å². The molecule has 0 atom stereocenters. The molecular weight excluding hydrogens is 352 g/mol. The highest BCUT2D eigenvalue weighted by atomic mass is 16.5. The number of hydrogen-bond acceptors (Lipinski definition) is 3. The topological polar surface area (TPSA) is 58.6 Å². The maximum absolute atomic E-state index is 12.4. The maximum Gasteiger partial charge on any atom is 0.251 e. The van der Waals surface area contributed by atoms with Crippen molar-refractivity contribution in [2.45, 2.75) is 40.0 Å². The van der Waals surface area contributed by atoms with E-state index in [1.54, 1.807) is 4.90 Å². The molecule has 2 rings (SSSR count). The third-order valence-corrected chi connectivity index (χ3v) is 4.47. The van der Waals surface area contributed by atoms with Crippen molar-refractivity contribution in [2.24, 2.45) is 0 Å². The molecule has 0 aromatic heterocycles. The number of hydrogen-bond donors (Lipinski definition) is 1. The zero-order valence-electron chi connectivity index (χ0n) is 17.4. The van der Waals surface area contributed by atoms with Crippen molar-refractivity contribution in [3.63, 3.8) is 0 Å². The van der Waals surface area contributed by atoms with Crippen LogP contribution in [0.15, 0.2) is 48.5 Å². The molecule has 0 bridgehead atoms. The van der Waals surface area contributed by atoms with Gasteiger partial charge in [0.05, 0.1) is 6.61 Å². The van der Waals surface area contributed by atoms with Crippen molar-refractivity contribution in [3.8, 4) is 5.75 Å². The molecule has 0 spiro atoms. The number of anilines is 1. The normalized spacial score (nSPS) is 11.0. The summed E-state index contributed by atoms with van der Waals surface area (Å²) in [6.45, 7) is 11.2. The van der Waals surface area contributed by atoms with Crippen LogP contribution in [0.5, 0.6) is 5.75 Å². The highest BCUT2D eigenvalue weighted by molar-refractivity contribution is 5.94. The van der Waals surface area contributed by atoms with Crippen LogP contribution in [0.25, 0.3) is 0 Å². The molecule has 5 heteroatoms. The highest BCUT2D eigenvalue weighted by Gasteiger charge is 2.15. The van der Waals surface area contributed by atoms with Gasteiger partial charge in [0.25, 0.3) is 5.91 Å². The summed E-state index contributed by atoms with van der Waals surface area (Å²) in [6.07, 6.45) is 0. The van der Waals surface area contributed by atoms with Gasteiger partial charge in [-0.3, -0.25) is 9.59 Å². The first-order valence-electron chi connectivity index (χ1n) is 9.62. The van der Waals surface area contributed by atoms with Crippen LogP contribution in [-0.4, -0.2) is 31.5 Å². The monoisotopic (exact) mass is 382 g/mol. The fraction of sp³-hybridized carbons (Fsp3) is 0.391. The molecular formula is C23H30N2O3. The second kappa shape index (κ2) is 9.40. The van der Waals surface area contributed by atoms with Gasteiger partial charge in [-0.05, 0) is 54.3 Å². The Morgan fingerprint density at radius 2 is 1.61 bits per heavy atom. The molecule has 2 amide bonds. The van der Waals surface area contributed by atoms with E-state index in [2.05, 4.69) is 26.1 Å². The van der Waals surface area contributed by atoms with Gasteiger partial charge in [0.1, 0.15) is 5.75 Å². The lowest BCUT2D eigenvalue weighted by molar-refractivity contribution is -0.116. The van der Waals surface area contributed by atoms with E-state index in [0.29, 0.717) is 25.3 Å². The lowest BCUT2D eigenvalue weighted by Gasteiger charge is -2.22. The number of rotatable bonds is 7. The van der Waals surface area contributed by atoms with Gasteiger partial charge in [0.15, 0.2) is 0 Å². The fourth-order valence-electron chi connectivity index (χ4n) is 2.86. The standard InChI is InChI=1S/C23H30N2O3/c1-6-28-21-13-11-20(12-14-21)25(17(2)26)16-15-24-22(27)18-7-9-19(10-8-18)23(3,4)5/h7-14H,6,15-16H2,1-5H3,(H,24,27). The first-order chi connectivity index (χ1) is 13.2. The smallest absolute Gasteiger partial charge is 0.251 e. The van der Waals surface area contributed by atoms with Gasteiger partial charge in [0.2, 0.25) is 5.91 Å². The number of carbonyl (C=O) groups is 2. The Balaban J connectivity index is 1.95. The fourth-order valence-corrected chi connectivity index (χ4v) is 2.86. The second-order valence-corrected chi connectivity index (χ2v) is 7.68. The van der Waals surface area contributed by atoms with Crippen LogP contribution >= 0.6 is 0 Å². The third kappa shape index (κ3) is 5.84. The van der Waals surface area contributed by atoms with E-state index in [1.165, 1.54) is 12.5 Å². The van der Waals surface area contributed by atoms with Crippen LogP contribution in [0.2, 0.25) is 0 Å². The van der Waals surface area contributed by atoms with E-state index in [9.17, 15) is 9.59 Å². The zero-order valence-corrected chi connectivity index (χ0v) is 17.4. The molecule has 28 heavy (non-hydrogen) atoms. The van der Waals surface area contributed by atoms with Gasteiger partial charge in [0, 0.05) is 31.3 Å². The number of nitrogens with zero attached hydrogens (tertiary/aromatic N) is 1. The molecule has 0 saturated heterocycles. The molecule has 2 aromatic rings. The first kappa shape index (κ1) is 21.5. The van der Waals surface area contributed by atoms with E-state index in [0.717, 1.165) is 11.4 Å².